The van der Waals surface area contributed by atoms with Gasteiger partial charge in [0.15, 0.2) is 6.10 Å². The lowest BCUT2D eigenvalue weighted by molar-refractivity contribution is -0.147. The van der Waals surface area contributed by atoms with E-state index in [1.54, 1.807) is 21.0 Å². The number of carbonyl (C=O) groups excluding carboxylic acids is 1. The highest BCUT2D eigenvalue weighted by Gasteiger charge is 2.30. The summed E-state index contributed by atoms with van der Waals surface area (Å²) in [6, 6.07) is 15.3. The van der Waals surface area contributed by atoms with Gasteiger partial charge in [-0.05, 0) is 42.7 Å². The number of aliphatic hydroxyl groups is 1. The van der Waals surface area contributed by atoms with Gasteiger partial charge in [0.05, 0.1) is 7.11 Å². The highest BCUT2D eigenvalue weighted by atomic mass is 16.5. The predicted octanol–water partition coefficient (Wildman–Crippen LogP) is 3.35. The van der Waals surface area contributed by atoms with Crippen LogP contribution in [0.25, 0.3) is 11.1 Å². The van der Waals surface area contributed by atoms with Crippen LogP contribution in [0.4, 0.5) is 0 Å². The number of benzene rings is 2. The molecule has 1 unspecified atom stereocenters. The molecule has 0 radical (unpaired) electrons. The van der Waals surface area contributed by atoms with E-state index < -0.39 is 11.7 Å². The molecule has 0 spiro atoms. The van der Waals surface area contributed by atoms with Crippen LogP contribution in [0, 0.1) is 0 Å². The first-order chi connectivity index (χ1) is 10.5. The van der Waals surface area contributed by atoms with Gasteiger partial charge < -0.3 is 14.6 Å². The molecule has 2 aromatic rings. The Morgan fingerprint density at radius 2 is 1.50 bits per heavy atom. The third-order valence-corrected chi connectivity index (χ3v) is 3.47. The van der Waals surface area contributed by atoms with E-state index in [-0.39, 0.29) is 0 Å². The number of carbonyl (C=O) groups is 1. The van der Waals surface area contributed by atoms with Gasteiger partial charge in [0, 0.05) is 0 Å². The summed E-state index contributed by atoms with van der Waals surface area (Å²) in [5.41, 5.74) is 1.69. The Kier molecular flexibility index (Phi) is 4.83. The first-order valence-corrected chi connectivity index (χ1v) is 7.01. The van der Waals surface area contributed by atoms with E-state index in [1.807, 2.05) is 48.5 Å². The number of hydrogen-bond donors (Lipinski definition) is 1. The third kappa shape index (κ3) is 3.65. The van der Waals surface area contributed by atoms with Gasteiger partial charge in [-0.1, -0.05) is 36.4 Å². The smallest absolute Gasteiger partial charge is 0.293 e. The molecule has 0 bridgehead atoms. The van der Waals surface area contributed by atoms with Gasteiger partial charge in [0.2, 0.25) is 0 Å². The SMILES string of the molecule is COc1ccc(-c2ccc(C(OC=O)C(C)(C)O)cc2)cc1. The maximum absolute atomic E-state index is 10.6. The van der Waals surface area contributed by atoms with Crippen LogP contribution in [0.5, 0.6) is 5.75 Å². The Bertz CT molecular complexity index is 609. The average Bonchev–Trinajstić information content (AvgIpc) is 2.52. The number of rotatable bonds is 6. The van der Waals surface area contributed by atoms with Crippen molar-refractivity contribution < 1.29 is 19.4 Å². The second kappa shape index (κ2) is 6.62. The molecule has 0 heterocycles. The fourth-order valence-corrected chi connectivity index (χ4v) is 2.34. The van der Waals surface area contributed by atoms with Crippen molar-refractivity contribution in [2.75, 3.05) is 7.11 Å². The lowest BCUT2D eigenvalue weighted by Crippen LogP contribution is -2.30. The molecule has 4 heteroatoms. The second-order valence-corrected chi connectivity index (χ2v) is 5.62. The van der Waals surface area contributed by atoms with Crippen molar-refractivity contribution in [3.05, 3.63) is 54.1 Å². The van der Waals surface area contributed by atoms with Crippen LogP contribution in [0.1, 0.15) is 25.5 Å². The summed E-state index contributed by atoms with van der Waals surface area (Å²) < 4.78 is 10.2. The van der Waals surface area contributed by atoms with Crippen LogP contribution in [0.3, 0.4) is 0 Å². The van der Waals surface area contributed by atoms with Crippen LogP contribution in [0.2, 0.25) is 0 Å². The van der Waals surface area contributed by atoms with Gasteiger partial charge >= 0.3 is 0 Å². The van der Waals surface area contributed by atoms with E-state index in [9.17, 15) is 9.90 Å². The van der Waals surface area contributed by atoms with Crippen molar-refractivity contribution in [3.63, 3.8) is 0 Å². The van der Waals surface area contributed by atoms with Crippen molar-refractivity contribution in [1.82, 2.24) is 0 Å². The molecule has 1 N–H and O–H groups in total. The molecule has 4 nitrogen and oxygen atoms in total. The van der Waals surface area contributed by atoms with Gasteiger partial charge in [-0.3, -0.25) is 4.79 Å². The molecular weight excluding hydrogens is 280 g/mol. The number of hydrogen-bond acceptors (Lipinski definition) is 4. The summed E-state index contributed by atoms with van der Waals surface area (Å²) in [5, 5.41) is 10.1. The van der Waals surface area contributed by atoms with Gasteiger partial charge in [0.1, 0.15) is 11.4 Å². The third-order valence-electron chi connectivity index (χ3n) is 3.47. The Labute approximate surface area is 130 Å². The van der Waals surface area contributed by atoms with E-state index in [2.05, 4.69) is 0 Å². The minimum atomic E-state index is -1.15. The van der Waals surface area contributed by atoms with Crippen molar-refractivity contribution in [2.24, 2.45) is 0 Å². The van der Waals surface area contributed by atoms with Crippen molar-refractivity contribution in [2.45, 2.75) is 25.6 Å². The summed E-state index contributed by atoms with van der Waals surface area (Å²) >= 11 is 0. The fraction of sp³-hybridized carbons (Fsp3) is 0.278. The maximum atomic E-state index is 10.6. The van der Waals surface area contributed by atoms with E-state index >= 15 is 0 Å². The molecule has 22 heavy (non-hydrogen) atoms. The van der Waals surface area contributed by atoms with Crippen LogP contribution in [-0.2, 0) is 9.53 Å². The second-order valence-electron chi connectivity index (χ2n) is 5.62. The van der Waals surface area contributed by atoms with Crippen molar-refractivity contribution in [3.8, 4) is 16.9 Å². The summed E-state index contributed by atoms with van der Waals surface area (Å²) in [6.45, 7) is 3.58. The van der Waals surface area contributed by atoms with Gasteiger partial charge in [-0.15, -0.1) is 0 Å². The first kappa shape index (κ1) is 16.0. The minimum absolute atomic E-state index is 0.361. The zero-order chi connectivity index (χ0) is 16.2. The zero-order valence-corrected chi connectivity index (χ0v) is 12.9. The average molecular weight is 300 g/mol. The molecule has 0 aliphatic heterocycles. The highest BCUT2D eigenvalue weighted by Crippen LogP contribution is 2.30. The minimum Gasteiger partial charge on any atom is -0.497 e. The lowest BCUT2D eigenvalue weighted by Gasteiger charge is -2.27. The molecule has 1 atom stereocenters. The molecule has 0 fully saturated rings. The topological polar surface area (TPSA) is 55.8 Å². The number of methoxy groups -OCH3 is 1. The zero-order valence-electron chi connectivity index (χ0n) is 12.9. The Balaban J connectivity index is 2.26. The summed E-state index contributed by atoms with van der Waals surface area (Å²) in [5.74, 6) is 0.807. The van der Waals surface area contributed by atoms with Crippen LogP contribution in [0.15, 0.2) is 48.5 Å². The maximum Gasteiger partial charge on any atom is 0.293 e. The quantitative estimate of drug-likeness (QED) is 0.831. The summed E-state index contributed by atoms with van der Waals surface area (Å²) in [4.78, 5) is 10.6. The normalized spacial score (nSPS) is 12.5. The molecule has 0 aliphatic rings. The van der Waals surface area contributed by atoms with Crippen molar-refractivity contribution >= 4 is 6.47 Å². The molecule has 0 aliphatic carbocycles. The summed E-state index contributed by atoms with van der Waals surface area (Å²) in [6.07, 6.45) is -0.699. The van der Waals surface area contributed by atoms with Gasteiger partial charge in [-0.25, -0.2) is 0 Å². The molecule has 116 valence electrons. The van der Waals surface area contributed by atoms with Gasteiger partial charge in [-0.2, -0.15) is 0 Å². The van der Waals surface area contributed by atoms with E-state index in [1.165, 1.54) is 0 Å². The van der Waals surface area contributed by atoms with E-state index in [0.29, 0.717) is 6.47 Å². The molecule has 0 saturated carbocycles. The van der Waals surface area contributed by atoms with Crippen LogP contribution in [-0.4, -0.2) is 24.3 Å². The first-order valence-electron chi connectivity index (χ1n) is 7.01. The lowest BCUT2D eigenvalue weighted by atomic mass is 9.93. The van der Waals surface area contributed by atoms with Gasteiger partial charge in [0.25, 0.3) is 6.47 Å². The van der Waals surface area contributed by atoms with E-state index in [4.69, 9.17) is 9.47 Å². The highest BCUT2D eigenvalue weighted by molar-refractivity contribution is 5.64. The Morgan fingerprint density at radius 1 is 1.00 bits per heavy atom. The predicted molar refractivity (Wildman–Crippen MR) is 84.6 cm³/mol. The molecular formula is C18H20O4. The monoisotopic (exact) mass is 300 g/mol. The van der Waals surface area contributed by atoms with Crippen molar-refractivity contribution in [1.29, 1.82) is 0 Å². The van der Waals surface area contributed by atoms with Crippen LogP contribution < -0.4 is 4.74 Å². The molecule has 0 amide bonds. The Morgan fingerprint density at radius 3 is 1.91 bits per heavy atom. The van der Waals surface area contributed by atoms with Crippen LogP contribution >= 0.6 is 0 Å². The Hall–Kier alpha value is -2.33. The van der Waals surface area contributed by atoms with E-state index in [0.717, 1.165) is 22.4 Å². The summed E-state index contributed by atoms with van der Waals surface area (Å²) in [7, 11) is 1.63. The molecule has 0 aromatic heterocycles. The number of ether oxygens (including phenoxy) is 2. The standard InChI is InChI=1S/C18H20O4/c1-18(2,20)17(22-12-19)15-6-4-13(5-7-15)14-8-10-16(21-3)11-9-14/h4-12,17,20H,1-3H3. The molecule has 0 saturated heterocycles. The molecule has 2 rings (SSSR count). The fourth-order valence-electron chi connectivity index (χ4n) is 2.34. The molecule has 2 aromatic carbocycles. The largest absolute Gasteiger partial charge is 0.497 e.